The molecule has 0 bridgehead atoms. The molecule has 7 heteroatoms. The minimum Gasteiger partial charge on any atom is -0.339 e. The molecule has 2 heterocycles. The van der Waals surface area contributed by atoms with Crippen molar-refractivity contribution in [2.75, 3.05) is 10.6 Å². The van der Waals surface area contributed by atoms with Gasteiger partial charge in [0.05, 0.1) is 35.2 Å². The third-order valence-electron chi connectivity index (χ3n) is 4.05. The topological polar surface area (TPSA) is 104 Å². The van der Waals surface area contributed by atoms with E-state index in [-0.39, 0.29) is 11.6 Å². The van der Waals surface area contributed by atoms with Crippen LogP contribution in [0.1, 0.15) is 16.1 Å². The van der Waals surface area contributed by atoms with E-state index in [2.05, 4.69) is 31.7 Å². The molecule has 2 N–H and O–H groups in total. The highest BCUT2D eigenvalue weighted by molar-refractivity contribution is 6.07. The van der Waals surface area contributed by atoms with Crippen molar-refractivity contribution in [3.63, 3.8) is 0 Å². The number of rotatable bonds is 4. The zero-order chi connectivity index (χ0) is 19.3. The summed E-state index contributed by atoms with van der Waals surface area (Å²) in [5.74, 6) is 0.128. The molecule has 0 aliphatic rings. The number of pyridine rings is 1. The number of carbonyl (C=O) groups excluding carboxylic acids is 1. The molecule has 0 aliphatic carbocycles. The van der Waals surface area contributed by atoms with Gasteiger partial charge in [-0.3, -0.25) is 9.78 Å². The zero-order valence-electron chi connectivity index (χ0n) is 14.6. The fourth-order valence-corrected chi connectivity index (χ4v) is 2.68. The first-order valence-corrected chi connectivity index (χ1v) is 8.47. The summed E-state index contributed by atoms with van der Waals surface area (Å²) in [7, 11) is 0. The lowest BCUT2D eigenvalue weighted by molar-refractivity contribution is 0.102. The third kappa shape index (κ3) is 3.61. The van der Waals surface area contributed by atoms with E-state index in [4.69, 9.17) is 5.26 Å². The Bertz CT molecular complexity index is 1170. The maximum atomic E-state index is 12.5. The quantitative estimate of drug-likeness (QED) is 0.568. The van der Waals surface area contributed by atoms with Gasteiger partial charge in [0.15, 0.2) is 0 Å². The van der Waals surface area contributed by atoms with Crippen LogP contribution in [0, 0.1) is 11.3 Å². The van der Waals surface area contributed by atoms with E-state index in [1.54, 1.807) is 36.5 Å². The first-order chi connectivity index (χ1) is 13.7. The van der Waals surface area contributed by atoms with Crippen LogP contribution in [0.25, 0.3) is 10.9 Å². The molecule has 2 aromatic carbocycles. The molecule has 0 spiro atoms. The maximum absolute atomic E-state index is 12.5. The fourth-order valence-electron chi connectivity index (χ4n) is 2.68. The van der Waals surface area contributed by atoms with Gasteiger partial charge in [-0.15, -0.1) is 0 Å². The number of para-hydroxylation sites is 1. The summed E-state index contributed by atoms with van der Waals surface area (Å²) in [6.07, 6.45) is 4.57. The number of amides is 1. The van der Waals surface area contributed by atoms with Gasteiger partial charge in [0.2, 0.25) is 0 Å². The fraction of sp³-hybridized carbons (Fsp3) is 0. The number of fused-ring (bicyclic) bond motifs is 1. The Balaban J connectivity index is 1.48. The number of carbonyl (C=O) groups is 1. The van der Waals surface area contributed by atoms with E-state index in [1.807, 2.05) is 24.3 Å². The Morgan fingerprint density at radius 3 is 2.50 bits per heavy atom. The second kappa shape index (κ2) is 7.51. The minimum atomic E-state index is -0.365. The Labute approximate surface area is 160 Å². The van der Waals surface area contributed by atoms with Crippen LogP contribution in [-0.2, 0) is 0 Å². The molecular formula is C21H14N6O. The van der Waals surface area contributed by atoms with Gasteiger partial charge in [-0.05, 0) is 36.4 Å². The minimum absolute atomic E-state index is 0.193. The van der Waals surface area contributed by atoms with E-state index in [0.717, 1.165) is 11.1 Å². The number of nitrogens with one attached hydrogen (secondary N) is 2. The average molecular weight is 366 g/mol. The maximum Gasteiger partial charge on any atom is 0.275 e. The van der Waals surface area contributed by atoms with Crippen molar-refractivity contribution in [2.45, 2.75) is 0 Å². The molecule has 1 amide bonds. The monoisotopic (exact) mass is 366 g/mol. The lowest BCUT2D eigenvalue weighted by atomic mass is 10.2. The standard InChI is InChI=1S/C21H14N6O/c22-11-14-6-8-16(9-7-14)26-19-13-24-18(12-25-19)21(28)27-17-5-1-3-15-4-2-10-23-20(15)17/h1-10,12-13H,(H,25,26)(H,27,28). The lowest BCUT2D eigenvalue weighted by Gasteiger charge is -2.08. The van der Waals surface area contributed by atoms with Crippen molar-refractivity contribution < 1.29 is 4.79 Å². The zero-order valence-corrected chi connectivity index (χ0v) is 14.6. The van der Waals surface area contributed by atoms with Crippen molar-refractivity contribution in [1.29, 1.82) is 5.26 Å². The van der Waals surface area contributed by atoms with Gasteiger partial charge in [-0.1, -0.05) is 18.2 Å². The Morgan fingerprint density at radius 2 is 1.75 bits per heavy atom. The third-order valence-corrected chi connectivity index (χ3v) is 4.05. The van der Waals surface area contributed by atoms with Gasteiger partial charge < -0.3 is 10.6 Å². The second-order valence-electron chi connectivity index (χ2n) is 5.94. The predicted octanol–water partition coefficient (Wildman–Crippen LogP) is 3.89. The summed E-state index contributed by atoms with van der Waals surface area (Å²) in [4.78, 5) is 25.2. The molecule has 0 fully saturated rings. The highest BCUT2D eigenvalue weighted by Crippen LogP contribution is 2.21. The molecule has 4 aromatic rings. The van der Waals surface area contributed by atoms with Gasteiger partial charge in [-0.25, -0.2) is 9.97 Å². The Kier molecular flexibility index (Phi) is 4.59. The molecule has 0 radical (unpaired) electrons. The number of hydrogen-bond acceptors (Lipinski definition) is 6. The first-order valence-electron chi connectivity index (χ1n) is 8.47. The summed E-state index contributed by atoms with van der Waals surface area (Å²) in [6, 6.07) is 18.4. The van der Waals surface area contributed by atoms with Crippen LogP contribution in [0.5, 0.6) is 0 Å². The second-order valence-corrected chi connectivity index (χ2v) is 5.94. The summed E-state index contributed by atoms with van der Waals surface area (Å²) >= 11 is 0. The van der Waals surface area contributed by atoms with Crippen molar-refractivity contribution in [2.24, 2.45) is 0 Å². The van der Waals surface area contributed by atoms with Gasteiger partial charge in [0.25, 0.3) is 5.91 Å². The van der Waals surface area contributed by atoms with Gasteiger partial charge in [0, 0.05) is 17.3 Å². The first kappa shape index (κ1) is 17.1. The normalized spacial score (nSPS) is 10.2. The average Bonchev–Trinajstić information content (AvgIpc) is 2.75. The summed E-state index contributed by atoms with van der Waals surface area (Å²) < 4.78 is 0. The molecule has 0 atom stereocenters. The van der Waals surface area contributed by atoms with E-state index in [9.17, 15) is 4.79 Å². The van der Waals surface area contributed by atoms with Crippen LogP contribution < -0.4 is 10.6 Å². The SMILES string of the molecule is N#Cc1ccc(Nc2cnc(C(=O)Nc3cccc4cccnc34)cn2)cc1. The highest BCUT2D eigenvalue weighted by atomic mass is 16.1. The van der Waals surface area contributed by atoms with Gasteiger partial charge in [0.1, 0.15) is 11.5 Å². The Hall–Kier alpha value is -4.31. The summed E-state index contributed by atoms with van der Waals surface area (Å²) in [6.45, 7) is 0. The molecule has 2 aromatic heterocycles. The number of nitriles is 1. The van der Waals surface area contributed by atoms with Crippen LogP contribution in [0.4, 0.5) is 17.2 Å². The molecule has 134 valence electrons. The summed E-state index contributed by atoms with van der Waals surface area (Å²) in [5, 5.41) is 15.7. The van der Waals surface area contributed by atoms with Crippen LogP contribution in [0.3, 0.4) is 0 Å². The van der Waals surface area contributed by atoms with E-state index in [1.165, 1.54) is 12.4 Å². The molecule has 0 saturated heterocycles. The predicted molar refractivity (Wildman–Crippen MR) is 106 cm³/mol. The van der Waals surface area contributed by atoms with E-state index in [0.29, 0.717) is 22.6 Å². The highest BCUT2D eigenvalue weighted by Gasteiger charge is 2.11. The van der Waals surface area contributed by atoms with Crippen LogP contribution in [0.15, 0.2) is 73.2 Å². The largest absolute Gasteiger partial charge is 0.339 e. The molecule has 0 aliphatic heterocycles. The van der Waals surface area contributed by atoms with Crippen LogP contribution in [-0.4, -0.2) is 20.9 Å². The molecule has 0 saturated carbocycles. The number of hydrogen-bond donors (Lipinski definition) is 2. The van der Waals surface area contributed by atoms with Crippen molar-refractivity contribution in [3.05, 3.63) is 84.4 Å². The van der Waals surface area contributed by atoms with Crippen LogP contribution >= 0.6 is 0 Å². The molecule has 4 rings (SSSR count). The number of anilines is 3. The molecular weight excluding hydrogens is 352 g/mol. The van der Waals surface area contributed by atoms with E-state index < -0.39 is 0 Å². The van der Waals surface area contributed by atoms with Crippen molar-refractivity contribution in [1.82, 2.24) is 15.0 Å². The van der Waals surface area contributed by atoms with Crippen LogP contribution in [0.2, 0.25) is 0 Å². The molecule has 28 heavy (non-hydrogen) atoms. The van der Waals surface area contributed by atoms with Gasteiger partial charge >= 0.3 is 0 Å². The Morgan fingerprint density at radius 1 is 0.929 bits per heavy atom. The number of nitrogens with zero attached hydrogens (tertiary/aromatic N) is 4. The number of aromatic nitrogens is 3. The van der Waals surface area contributed by atoms with E-state index >= 15 is 0 Å². The van der Waals surface area contributed by atoms with Gasteiger partial charge in [-0.2, -0.15) is 5.26 Å². The van der Waals surface area contributed by atoms with Crippen molar-refractivity contribution >= 4 is 34.0 Å². The lowest BCUT2D eigenvalue weighted by Crippen LogP contribution is -2.14. The molecule has 0 unspecified atom stereocenters. The van der Waals surface area contributed by atoms with Crippen molar-refractivity contribution in [3.8, 4) is 6.07 Å². The smallest absolute Gasteiger partial charge is 0.275 e. The molecule has 7 nitrogen and oxygen atoms in total. The summed E-state index contributed by atoms with van der Waals surface area (Å²) in [5.41, 5.74) is 2.87. The number of benzene rings is 2.